The van der Waals surface area contributed by atoms with Gasteiger partial charge in [0.1, 0.15) is 5.82 Å². The van der Waals surface area contributed by atoms with Gasteiger partial charge in [-0.15, -0.1) is 0 Å². The molecule has 27 heavy (non-hydrogen) atoms. The third-order valence-corrected chi connectivity index (χ3v) is 5.67. The summed E-state index contributed by atoms with van der Waals surface area (Å²) >= 11 is 0. The molecule has 2 aliphatic rings. The summed E-state index contributed by atoms with van der Waals surface area (Å²) < 4.78 is 2.03. The summed E-state index contributed by atoms with van der Waals surface area (Å²) in [5, 5.41) is 4.52. The Labute approximate surface area is 161 Å². The van der Waals surface area contributed by atoms with Crippen molar-refractivity contribution in [3.05, 3.63) is 41.1 Å². The molecule has 6 nitrogen and oxygen atoms in total. The number of anilines is 2. The van der Waals surface area contributed by atoms with Crippen LogP contribution in [-0.2, 0) is 11.3 Å². The Hall–Kier alpha value is -2.50. The second kappa shape index (κ2) is 7.25. The van der Waals surface area contributed by atoms with E-state index in [1.165, 1.54) is 16.8 Å². The molecule has 1 saturated heterocycles. The van der Waals surface area contributed by atoms with E-state index in [2.05, 4.69) is 53.0 Å². The van der Waals surface area contributed by atoms with Crippen LogP contribution in [-0.4, -0.2) is 59.9 Å². The highest BCUT2D eigenvalue weighted by atomic mass is 16.2. The molecule has 2 aromatic rings. The van der Waals surface area contributed by atoms with E-state index in [0.717, 1.165) is 57.2 Å². The molecule has 2 aliphatic heterocycles. The van der Waals surface area contributed by atoms with Gasteiger partial charge in [-0.2, -0.15) is 5.10 Å². The van der Waals surface area contributed by atoms with E-state index >= 15 is 0 Å². The number of rotatable bonds is 3. The normalized spacial score (nSPS) is 17.2. The van der Waals surface area contributed by atoms with Crippen molar-refractivity contribution in [1.29, 1.82) is 0 Å². The average Bonchev–Trinajstić information content (AvgIpc) is 3.05. The molecule has 1 aromatic heterocycles. The van der Waals surface area contributed by atoms with Gasteiger partial charge in [0.25, 0.3) is 0 Å². The molecule has 0 unspecified atom stereocenters. The summed E-state index contributed by atoms with van der Waals surface area (Å²) in [4.78, 5) is 19.5. The monoisotopic (exact) mass is 367 g/mol. The highest BCUT2D eigenvalue weighted by Crippen LogP contribution is 2.24. The smallest absolute Gasteiger partial charge is 0.242 e. The Kier molecular flexibility index (Phi) is 4.81. The topological polar surface area (TPSA) is 44.6 Å². The minimum Gasteiger partial charge on any atom is -0.368 e. The number of aryl methyl sites for hydroxylation is 4. The first-order chi connectivity index (χ1) is 13.0. The van der Waals surface area contributed by atoms with Crippen molar-refractivity contribution in [3.63, 3.8) is 0 Å². The lowest BCUT2D eigenvalue weighted by Gasteiger charge is -2.38. The molecule has 0 N–H and O–H groups in total. The molecule has 1 amide bonds. The van der Waals surface area contributed by atoms with E-state index in [0.29, 0.717) is 6.54 Å². The molecular formula is C21H29N5O. The molecule has 0 atom stereocenters. The van der Waals surface area contributed by atoms with Crippen LogP contribution in [0.3, 0.4) is 0 Å². The molecule has 1 fully saturated rings. The number of amides is 1. The van der Waals surface area contributed by atoms with E-state index in [-0.39, 0.29) is 5.91 Å². The minimum absolute atomic E-state index is 0.225. The summed E-state index contributed by atoms with van der Waals surface area (Å²) in [6.07, 6.45) is 1.04. The quantitative estimate of drug-likeness (QED) is 0.835. The lowest BCUT2D eigenvalue weighted by atomic mass is 10.1. The predicted molar refractivity (Wildman–Crippen MR) is 109 cm³/mol. The molecule has 1 aromatic carbocycles. The predicted octanol–water partition coefficient (Wildman–Crippen LogP) is 2.37. The highest BCUT2D eigenvalue weighted by Gasteiger charge is 2.26. The lowest BCUT2D eigenvalue weighted by molar-refractivity contribution is -0.130. The Balaban J connectivity index is 1.37. The molecule has 0 aliphatic carbocycles. The van der Waals surface area contributed by atoms with Gasteiger partial charge in [0.15, 0.2) is 0 Å². The maximum absolute atomic E-state index is 12.9. The van der Waals surface area contributed by atoms with E-state index in [1.807, 2.05) is 16.5 Å². The first-order valence-electron chi connectivity index (χ1n) is 9.90. The summed E-state index contributed by atoms with van der Waals surface area (Å²) in [7, 11) is 0. The van der Waals surface area contributed by atoms with Crippen LogP contribution < -0.4 is 9.80 Å². The second-order valence-corrected chi connectivity index (χ2v) is 7.80. The van der Waals surface area contributed by atoms with Gasteiger partial charge in [-0.05, 0) is 44.4 Å². The number of benzene rings is 1. The maximum Gasteiger partial charge on any atom is 0.242 e. The number of carbonyl (C=O) groups is 1. The first kappa shape index (κ1) is 17.9. The van der Waals surface area contributed by atoms with Crippen LogP contribution in [0.4, 0.5) is 11.5 Å². The van der Waals surface area contributed by atoms with Crippen molar-refractivity contribution in [2.45, 2.75) is 33.7 Å². The lowest BCUT2D eigenvalue weighted by Crippen LogP contribution is -2.52. The van der Waals surface area contributed by atoms with Crippen molar-refractivity contribution < 1.29 is 4.79 Å². The first-order valence-corrected chi connectivity index (χ1v) is 9.90. The number of hydrogen-bond acceptors (Lipinski definition) is 4. The van der Waals surface area contributed by atoms with Crippen LogP contribution in [0.5, 0.6) is 0 Å². The standard InChI is InChI=1S/C21H29N5O/c1-16-5-6-17(2)19(13-16)23-9-11-24(12-10-23)21(27)15-25-7-4-8-26-20(25)14-18(3)22-26/h5-6,13-14H,4,7-12,15H2,1-3H3. The molecule has 4 rings (SSSR count). The zero-order chi connectivity index (χ0) is 19.0. The number of hydrogen-bond donors (Lipinski definition) is 0. The van der Waals surface area contributed by atoms with Crippen LogP contribution in [0, 0.1) is 20.8 Å². The Bertz CT molecular complexity index is 835. The summed E-state index contributed by atoms with van der Waals surface area (Å²) in [6.45, 7) is 12.0. The highest BCUT2D eigenvalue weighted by molar-refractivity contribution is 5.81. The summed E-state index contributed by atoms with van der Waals surface area (Å²) in [5.41, 5.74) is 4.91. The Morgan fingerprint density at radius 2 is 1.78 bits per heavy atom. The van der Waals surface area contributed by atoms with Crippen LogP contribution >= 0.6 is 0 Å². The zero-order valence-electron chi connectivity index (χ0n) is 16.6. The van der Waals surface area contributed by atoms with Gasteiger partial charge in [-0.25, -0.2) is 4.68 Å². The SMILES string of the molecule is Cc1ccc(C)c(N2CCN(C(=O)CN3CCCn4nc(C)cc43)CC2)c1. The molecule has 0 saturated carbocycles. The number of carbonyl (C=O) groups excluding carboxylic acids is 1. The van der Waals surface area contributed by atoms with E-state index in [1.54, 1.807) is 0 Å². The molecule has 144 valence electrons. The Morgan fingerprint density at radius 1 is 1.00 bits per heavy atom. The van der Waals surface area contributed by atoms with Crippen molar-refractivity contribution in [3.8, 4) is 0 Å². The molecule has 6 heteroatoms. The van der Waals surface area contributed by atoms with Gasteiger partial charge in [0.2, 0.25) is 5.91 Å². The van der Waals surface area contributed by atoms with Crippen molar-refractivity contribution in [2.75, 3.05) is 49.1 Å². The Morgan fingerprint density at radius 3 is 2.56 bits per heavy atom. The average molecular weight is 367 g/mol. The van der Waals surface area contributed by atoms with Crippen LogP contribution in [0.15, 0.2) is 24.3 Å². The van der Waals surface area contributed by atoms with E-state index < -0.39 is 0 Å². The molecule has 0 spiro atoms. The fourth-order valence-electron chi connectivity index (χ4n) is 4.16. The fraction of sp³-hybridized carbons (Fsp3) is 0.524. The molecular weight excluding hydrogens is 338 g/mol. The van der Waals surface area contributed by atoms with Crippen molar-refractivity contribution in [1.82, 2.24) is 14.7 Å². The summed E-state index contributed by atoms with van der Waals surface area (Å²) in [6, 6.07) is 8.68. The van der Waals surface area contributed by atoms with Gasteiger partial charge in [-0.3, -0.25) is 4.79 Å². The fourth-order valence-corrected chi connectivity index (χ4v) is 4.16. The number of aromatic nitrogens is 2. The number of piperazine rings is 1. The number of nitrogens with zero attached hydrogens (tertiary/aromatic N) is 5. The van der Waals surface area contributed by atoms with Gasteiger partial charge in [0, 0.05) is 51.0 Å². The second-order valence-electron chi connectivity index (χ2n) is 7.80. The van der Waals surface area contributed by atoms with Crippen molar-refractivity contribution >= 4 is 17.4 Å². The third kappa shape index (κ3) is 3.66. The maximum atomic E-state index is 12.9. The third-order valence-electron chi connectivity index (χ3n) is 5.67. The summed E-state index contributed by atoms with van der Waals surface area (Å²) in [5.74, 6) is 1.31. The molecule has 0 radical (unpaired) electrons. The molecule has 0 bridgehead atoms. The van der Waals surface area contributed by atoms with Crippen molar-refractivity contribution in [2.24, 2.45) is 0 Å². The van der Waals surface area contributed by atoms with Gasteiger partial charge >= 0.3 is 0 Å². The van der Waals surface area contributed by atoms with E-state index in [9.17, 15) is 4.79 Å². The molecule has 3 heterocycles. The van der Waals surface area contributed by atoms with Gasteiger partial charge in [0.05, 0.1) is 12.2 Å². The van der Waals surface area contributed by atoms with Gasteiger partial charge < -0.3 is 14.7 Å². The van der Waals surface area contributed by atoms with E-state index in [4.69, 9.17) is 0 Å². The largest absolute Gasteiger partial charge is 0.368 e. The minimum atomic E-state index is 0.225. The van der Waals surface area contributed by atoms with Crippen LogP contribution in [0.1, 0.15) is 23.2 Å². The van der Waals surface area contributed by atoms with Crippen LogP contribution in [0.25, 0.3) is 0 Å². The van der Waals surface area contributed by atoms with Gasteiger partial charge in [-0.1, -0.05) is 12.1 Å². The zero-order valence-corrected chi connectivity index (χ0v) is 16.6. The number of fused-ring (bicyclic) bond motifs is 1. The van der Waals surface area contributed by atoms with Crippen LogP contribution in [0.2, 0.25) is 0 Å².